The summed E-state index contributed by atoms with van der Waals surface area (Å²) < 4.78 is 11.6. The van der Waals surface area contributed by atoms with E-state index in [1.54, 1.807) is 0 Å². The topological polar surface area (TPSA) is 42.0 Å². The molecule has 2 saturated heterocycles. The van der Waals surface area contributed by atoms with E-state index in [-0.39, 0.29) is 24.2 Å². The van der Waals surface area contributed by atoms with Crippen LogP contribution in [0.5, 0.6) is 0 Å². The Kier molecular flexibility index (Phi) is 5.57. The molecule has 1 amide bonds. The van der Waals surface area contributed by atoms with E-state index in [0.717, 1.165) is 64.1 Å². The first-order valence-electron chi connectivity index (χ1n) is 10.1. The van der Waals surface area contributed by atoms with E-state index in [2.05, 4.69) is 30.0 Å². The predicted molar refractivity (Wildman–Crippen MR) is 101 cm³/mol. The van der Waals surface area contributed by atoms with Crippen molar-refractivity contribution in [3.8, 4) is 0 Å². The highest BCUT2D eigenvalue weighted by Crippen LogP contribution is 2.32. The molecule has 0 N–H and O–H groups in total. The van der Waals surface area contributed by atoms with Crippen LogP contribution >= 0.6 is 0 Å². The normalized spacial score (nSPS) is 28.1. The van der Waals surface area contributed by atoms with Gasteiger partial charge in [-0.15, -0.1) is 0 Å². The number of amides is 1. The highest BCUT2D eigenvalue weighted by molar-refractivity contribution is 5.97. The Hall–Kier alpha value is -1.43. The van der Waals surface area contributed by atoms with Crippen LogP contribution < -0.4 is 4.90 Å². The maximum Gasteiger partial charge on any atom is 0.241 e. The Morgan fingerprint density at radius 1 is 1.12 bits per heavy atom. The molecule has 3 atom stereocenters. The van der Waals surface area contributed by atoms with Crippen LogP contribution in [-0.4, -0.2) is 61.9 Å². The summed E-state index contributed by atoms with van der Waals surface area (Å²) in [5.41, 5.74) is 2.36. The largest absolute Gasteiger partial charge is 0.377 e. The molecule has 3 heterocycles. The standard InChI is InChI=1S/C21H30N2O3/c1-16-12-17-6-2-3-9-20(17)23(16)21(24)15-22(13-18-7-4-10-25-18)14-19-8-5-11-26-19/h2-3,6,9,16,18-19H,4-5,7-8,10-15H2,1H3/t16-,18+,19+/m1/s1. The fourth-order valence-electron chi connectivity index (χ4n) is 4.57. The van der Waals surface area contributed by atoms with E-state index < -0.39 is 0 Å². The van der Waals surface area contributed by atoms with Crippen LogP contribution in [0.3, 0.4) is 0 Å². The number of hydrogen-bond acceptors (Lipinski definition) is 4. The Morgan fingerprint density at radius 3 is 2.38 bits per heavy atom. The maximum atomic E-state index is 13.2. The fourth-order valence-corrected chi connectivity index (χ4v) is 4.57. The molecule has 4 rings (SSSR count). The molecule has 0 aromatic heterocycles. The van der Waals surface area contributed by atoms with Crippen molar-refractivity contribution in [3.63, 3.8) is 0 Å². The van der Waals surface area contributed by atoms with Crippen molar-refractivity contribution in [2.45, 2.75) is 57.3 Å². The first-order valence-corrected chi connectivity index (χ1v) is 10.1. The van der Waals surface area contributed by atoms with Gasteiger partial charge in [-0.25, -0.2) is 0 Å². The summed E-state index contributed by atoms with van der Waals surface area (Å²) in [5.74, 6) is 0.193. The van der Waals surface area contributed by atoms with Crippen LogP contribution in [0.25, 0.3) is 0 Å². The van der Waals surface area contributed by atoms with Crippen LogP contribution in [0.1, 0.15) is 38.2 Å². The van der Waals surface area contributed by atoms with E-state index >= 15 is 0 Å². The Bertz CT molecular complexity index is 605. The minimum absolute atomic E-state index is 0.193. The van der Waals surface area contributed by atoms with Gasteiger partial charge in [0.15, 0.2) is 0 Å². The lowest BCUT2D eigenvalue weighted by molar-refractivity contribution is -0.120. The van der Waals surface area contributed by atoms with Crippen LogP contribution in [0.4, 0.5) is 5.69 Å². The zero-order valence-corrected chi connectivity index (χ0v) is 15.7. The van der Waals surface area contributed by atoms with Crippen molar-refractivity contribution >= 4 is 11.6 Å². The van der Waals surface area contributed by atoms with Gasteiger partial charge in [0, 0.05) is 38.0 Å². The molecular formula is C21H30N2O3. The van der Waals surface area contributed by atoms with Crippen molar-refractivity contribution in [1.82, 2.24) is 4.90 Å². The highest BCUT2D eigenvalue weighted by atomic mass is 16.5. The number of nitrogens with zero attached hydrogens (tertiary/aromatic N) is 2. The SMILES string of the molecule is C[C@@H]1Cc2ccccc2N1C(=O)CN(C[C@@H]1CCCO1)C[C@@H]1CCCO1. The van der Waals surface area contributed by atoms with Crippen LogP contribution in [0.2, 0.25) is 0 Å². The third kappa shape index (κ3) is 3.95. The lowest BCUT2D eigenvalue weighted by Gasteiger charge is -2.30. The second kappa shape index (κ2) is 8.07. The van der Waals surface area contributed by atoms with E-state index in [9.17, 15) is 4.79 Å². The van der Waals surface area contributed by atoms with Crippen molar-refractivity contribution in [3.05, 3.63) is 29.8 Å². The second-order valence-corrected chi connectivity index (χ2v) is 7.91. The quantitative estimate of drug-likeness (QED) is 0.784. The summed E-state index contributed by atoms with van der Waals surface area (Å²) in [6.07, 6.45) is 5.91. The van der Waals surface area contributed by atoms with E-state index in [4.69, 9.17) is 9.47 Å². The number of carbonyl (C=O) groups is 1. The molecule has 3 aliphatic rings. The van der Waals surface area contributed by atoms with Gasteiger partial charge in [-0.3, -0.25) is 9.69 Å². The molecule has 2 fully saturated rings. The number of anilines is 1. The number of fused-ring (bicyclic) bond motifs is 1. The number of benzene rings is 1. The van der Waals surface area contributed by atoms with Gasteiger partial charge in [-0.2, -0.15) is 0 Å². The molecule has 0 saturated carbocycles. The summed E-state index contributed by atoms with van der Waals surface area (Å²) in [7, 11) is 0. The van der Waals surface area contributed by atoms with Crippen LogP contribution in [0.15, 0.2) is 24.3 Å². The van der Waals surface area contributed by atoms with Gasteiger partial charge in [0.1, 0.15) is 0 Å². The number of ether oxygens (including phenoxy) is 2. The van der Waals surface area contributed by atoms with Crippen LogP contribution in [-0.2, 0) is 20.7 Å². The van der Waals surface area contributed by atoms with Gasteiger partial charge in [-0.05, 0) is 50.7 Å². The first-order chi connectivity index (χ1) is 12.7. The lowest BCUT2D eigenvalue weighted by atomic mass is 10.1. The first kappa shape index (κ1) is 18.0. The van der Waals surface area contributed by atoms with E-state index in [0.29, 0.717) is 6.54 Å². The van der Waals surface area contributed by atoms with Crippen molar-refractivity contribution in [1.29, 1.82) is 0 Å². The third-order valence-electron chi connectivity index (χ3n) is 5.81. The number of hydrogen-bond donors (Lipinski definition) is 0. The van der Waals surface area contributed by atoms with Gasteiger partial charge in [0.05, 0.1) is 18.8 Å². The molecule has 5 heteroatoms. The molecular weight excluding hydrogens is 328 g/mol. The molecule has 3 aliphatic heterocycles. The Morgan fingerprint density at radius 2 is 1.77 bits per heavy atom. The second-order valence-electron chi connectivity index (χ2n) is 7.91. The average molecular weight is 358 g/mol. The maximum absolute atomic E-state index is 13.2. The average Bonchev–Trinajstić information content (AvgIpc) is 3.35. The number of carbonyl (C=O) groups excluding carboxylic acids is 1. The fraction of sp³-hybridized carbons (Fsp3) is 0.667. The predicted octanol–water partition coefficient (Wildman–Crippen LogP) is 2.62. The molecule has 0 bridgehead atoms. The van der Waals surface area contributed by atoms with Gasteiger partial charge < -0.3 is 14.4 Å². The summed E-state index contributed by atoms with van der Waals surface area (Å²) in [6.45, 7) is 5.94. The minimum Gasteiger partial charge on any atom is -0.377 e. The minimum atomic E-state index is 0.193. The summed E-state index contributed by atoms with van der Waals surface area (Å²) >= 11 is 0. The van der Waals surface area contributed by atoms with Crippen LogP contribution in [0, 0.1) is 0 Å². The number of rotatable bonds is 6. The van der Waals surface area contributed by atoms with Gasteiger partial charge in [0.2, 0.25) is 5.91 Å². The van der Waals surface area contributed by atoms with E-state index in [1.165, 1.54) is 5.56 Å². The smallest absolute Gasteiger partial charge is 0.241 e. The highest BCUT2D eigenvalue weighted by Gasteiger charge is 2.32. The molecule has 1 aromatic rings. The molecule has 5 nitrogen and oxygen atoms in total. The Balaban J connectivity index is 1.44. The third-order valence-corrected chi connectivity index (χ3v) is 5.81. The van der Waals surface area contributed by atoms with Crippen molar-refractivity contribution < 1.29 is 14.3 Å². The number of para-hydroxylation sites is 1. The Labute approximate surface area is 156 Å². The monoisotopic (exact) mass is 358 g/mol. The van der Waals surface area contributed by atoms with Gasteiger partial charge in [-0.1, -0.05) is 18.2 Å². The summed E-state index contributed by atoms with van der Waals surface area (Å²) in [6, 6.07) is 8.51. The molecule has 26 heavy (non-hydrogen) atoms. The molecule has 0 radical (unpaired) electrons. The molecule has 0 unspecified atom stereocenters. The summed E-state index contributed by atoms with van der Waals surface area (Å²) in [5, 5.41) is 0. The molecule has 142 valence electrons. The zero-order chi connectivity index (χ0) is 17.9. The lowest BCUT2D eigenvalue weighted by Crippen LogP contribution is -2.47. The van der Waals surface area contributed by atoms with Crippen molar-refractivity contribution in [2.75, 3.05) is 37.7 Å². The molecule has 0 spiro atoms. The van der Waals surface area contributed by atoms with E-state index in [1.807, 2.05) is 11.0 Å². The van der Waals surface area contributed by atoms with Gasteiger partial charge in [0.25, 0.3) is 0 Å². The van der Waals surface area contributed by atoms with Gasteiger partial charge >= 0.3 is 0 Å². The van der Waals surface area contributed by atoms with Crippen molar-refractivity contribution in [2.24, 2.45) is 0 Å². The molecule has 0 aliphatic carbocycles. The summed E-state index contributed by atoms with van der Waals surface area (Å²) in [4.78, 5) is 17.4. The molecule has 1 aromatic carbocycles. The zero-order valence-electron chi connectivity index (χ0n) is 15.7.